The van der Waals surface area contributed by atoms with E-state index in [9.17, 15) is 0 Å². The number of fused-ring (bicyclic) bond motifs is 1. The standard InChI is InChI=1S/C14H20O2/c1-3-11(4-2)9-12-5-6-13-14(10-12)16-8-7-15-13/h5-6,10-11H,3-4,7-9H2,1-2H3. The zero-order valence-electron chi connectivity index (χ0n) is 10.2. The van der Waals surface area contributed by atoms with Gasteiger partial charge in [0.05, 0.1) is 0 Å². The molecule has 0 aliphatic carbocycles. The molecule has 0 unspecified atom stereocenters. The van der Waals surface area contributed by atoms with Crippen LogP contribution in [0.4, 0.5) is 0 Å². The maximum atomic E-state index is 5.59. The molecule has 1 aliphatic rings. The third-order valence-corrected chi connectivity index (χ3v) is 3.29. The normalized spacial score (nSPS) is 14.2. The van der Waals surface area contributed by atoms with Crippen LogP contribution in [0, 0.1) is 5.92 Å². The van der Waals surface area contributed by atoms with Gasteiger partial charge in [-0.1, -0.05) is 32.8 Å². The second-order valence-corrected chi connectivity index (χ2v) is 4.36. The van der Waals surface area contributed by atoms with Crippen molar-refractivity contribution < 1.29 is 9.47 Å². The van der Waals surface area contributed by atoms with Crippen molar-refractivity contribution in [1.82, 2.24) is 0 Å². The number of rotatable bonds is 4. The molecule has 2 heteroatoms. The van der Waals surface area contributed by atoms with Gasteiger partial charge >= 0.3 is 0 Å². The highest BCUT2D eigenvalue weighted by Crippen LogP contribution is 2.31. The fraction of sp³-hybridized carbons (Fsp3) is 0.571. The van der Waals surface area contributed by atoms with Crippen molar-refractivity contribution in [3.63, 3.8) is 0 Å². The number of hydrogen-bond donors (Lipinski definition) is 0. The molecule has 0 fully saturated rings. The molecule has 1 aromatic carbocycles. The lowest BCUT2D eigenvalue weighted by Gasteiger charge is -2.20. The minimum absolute atomic E-state index is 0.666. The molecule has 0 spiro atoms. The van der Waals surface area contributed by atoms with Gasteiger partial charge in [0.25, 0.3) is 0 Å². The van der Waals surface area contributed by atoms with E-state index in [1.54, 1.807) is 0 Å². The summed E-state index contributed by atoms with van der Waals surface area (Å²) in [5.74, 6) is 2.58. The first-order valence-corrected chi connectivity index (χ1v) is 6.22. The highest BCUT2D eigenvalue weighted by molar-refractivity contribution is 5.43. The van der Waals surface area contributed by atoms with Crippen molar-refractivity contribution in [3.05, 3.63) is 23.8 Å². The van der Waals surface area contributed by atoms with E-state index in [0.29, 0.717) is 13.2 Å². The van der Waals surface area contributed by atoms with Gasteiger partial charge in [-0.05, 0) is 30.0 Å². The maximum Gasteiger partial charge on any atom is 0.161 e. The highest BCUT2D eigenvalue weighted by Gasteiger charge is 2.13. The van der Waals surface area contributed by atoms with Gasteiger partial charge in [-0.25, -0.2) is 0 Å². The van der Waals surface area contributed by atoms with Gasteiger partial charge < -0.3 is 9.47 Å². The monoisotopic (exact) mass is 220 g/mol. The zero-order chi connectivity index (χ0) is 11.4. The van der Waals surface area contributed by atoms with Gasteiger partial charge in [0, 0.05) is 0 Å². The Balaban J connectivity index is 2.10. The Hall–Kier alpha value is -1.18. The fourth-order valence-corrected chi connectivity index (χ4v) is 2.13. The smallest absolute Gasteiger partial charge is 0.161 e. The van der Waals surface area contributed by atoms with Gasteiger partial charge in [-0.15, -0.1) is 0 Å². The van der Waals surface area contributed by atoms with E-state index in [0.717, 1.165) is 23.8 Å². The molecule has 1 aromatic rings. The van der Waals surface area contributed by atoms with Crippen molar-refractivity contribution in [1.29, 1.82) is 0 Å². The van der Waals surface area contributed by atoms with Crippen LogP contribution in [0.1, 0.15) is 32.3 Å². The van der Waals surface area contributed by atoms with E-state index in [2.05, 4.69) is 26.0 Å². The van der Waals surface area contributed by atoms with Crippen LogP contribution in [-0.4, -0.2) is 13.2 Å². The Labute approximate surface area is 97.6 Å². The largest absolute Gasteiger partial charge is 0.486 e. The average molecular weight is 220 g/mol. The average Bonchev–Trinajstić information content (AvgIpc) is 2.35. The Morgan fingerprint density at radius 2 is 1.75 bits per heavy atom. The Morgan fingerprint density at radius 3 is 2.44 bits per heavy atom. The minimum atomic E-state index is 0.666. The van der Waals surface area contributed by atoms with Crippen molar-refractivity contribution in [2.45, 2.75) is 33.1 Å². The molecule has 0 atom stereocenters. The van der Waals surface area contributed by atoms with Crippen LogP contribution >= 0.6 is 0 Å². The van der Waals surface area contributed by atoms with Crippen molar-refractivity contribution >= 4 is 0 Å². The summed E-state index contributed by atoms with van der Waals surface area (Å²) < 4.78 is 11.1. The highest BCUT2D eigenvalue weighted by atomic mass is 16.6. The fourth-order valence-electron chi connectivity index (χ4n) is 2.13. The summed E-state index contributed by atoms with van der Waals surface area (Å²) >= 11 is 0. The summed E-state index contributed by atoms with van der Waals surface area (Å²) in [6.07, 6.45) is 3.62. The predicted octanol–water partition coefficient (Wildman–Crippen LogP) is 3.44. The first-order chi connectivity index (χ1) is 7.83. The predicted molar refractivity (Wildman–Crippen MR) is 65.2 cm³/mol. The Kier molecular flexibility index (Phi) is 3.70. The lowest BCUT2D eigenvalue weighted by Crippen LogP contribution is -2.15. The SMILES string of the molecule is CCC(CC)Cc1ccc2c(c1)OCCO2. The van der Waals surface area contributed by atoms with Gasteiger partial charge in [0.15, 0.2) is 11.5 Å². The van der Waals surface area contributed by atoms with Crippen LogP contribution in [-0.2, 0) is 6.42 Å². The van der Waals surface area contributed by atoms with Gasteiger partial charge in [-0.3, -0.25) is 0 Å². The molecule has 0 saturated carbocycles. The molecule has 2 nitrogen and oxygen atoms in total. The third-order valence-electron chi connectivity index (χ3n) is 3.29. The molecule has 1 heterocycles. The quantitative estimate of drug-likeness (QED) is 0.774. The van der Waals surface area contributed by atoms with Crippen LogP contribution in [0.5, 0.6) is 11.5 Å². The number of ether oxygens (including phenoxy) is 2. The van der Waals surface area contributed by atoms with E-state index in [1.807, 2.05) is 6.07 Å². The number of benzene rings is 1. The zero-order valence-corrected chi connectivity index (χ0v) is 10.2. The molecule has 88 valence electrons. The van der Waals surface area contributed by atoms with Crippen LogP contribution in [0.3, 0.4) is 0 Å². The lowest BCUT2D eigenvalue weighted by atomic mass is 9.94. The van der Waals surface area contributed by atoms with Crippen molar-refractivity contribution in [3.8, 4) is 11.5 Å². The van der Waals surface area contributed by atoms with Crippen LogP contribution < -0.4 is 9.47 Å². The Bertz CT molecular complexity index is 343. The van der Waals surface area contributed by atoms with E-state index >= 15 is 0 Å². The van der Waals surface area contributed by atoms with Crippen LogP contribution in [0.25, 0.3) is 0 Å². The van der Waals surface area contributed by atoms with Gasteiger partial charge in [-0.2, -0.15) is 0 Å². The van der Waals surface area contributed by atoms with E-state index in [4.69, 9.17) is 9.47 Å². The summed E-state index contributed by atoms with van der Waals surface area (Å²) in [5.41, 5.74) is 1.36. The first-order valence-electron chi connectivity index (χ1n) is 6.22. The summed E-state index contributed by atoms with van der Waals surface area (Å²) in [7, 11) is 0. The van der Waals surface area contributed by atoms with E-state index in [-0.39, 0.29) is 0 Å². The topological polar surface area (TPSA) is 18.5 Å². The summed E-state index contributed by atoms with van der Waals surface area (Å²) in [6, 6.07) is 6.32. The maximum absolute atomic E-state index is 5.59. The number of hydrogen-bond acceptors (Lipinski definition) is 2. The second kappa shape index (κ2) is 5.24. The molecular weight excluding hydrogens is 200 g/mol. The van der Waals surface area contributed by atoms with Crippen molar-refractivity contribution in [2.75, 3.05) is 13.2 Å². The first kappa shape index (κ1) is 11.3. The summed E-state index contributed by atoms with van der Waals surface area (Å²) in [5, 5.41) is 0. The van der Waals surface area contributed by atoms with E-state index < -0.39 is 0 Å². The molecule has 2 rings (SSSR count). The molecule has 0 amide bonds. The summed E-state index contributed by atoms with van der Waals surface area (Å²) in [6.45, 7) is 5.85. The van der Waals surface area contributed by atoms with Crippen molar-refractivity contribution in [2.24, 2.45) is 5.92 Å². The molecule has 0 N–H and O–H groups in total. The molecule has 1 aliphatic heterocycles. The molecule has 0 radical (unpaired) electrons. The van der Waals surface area contributed by atoms with Gasteiger partial charge in [0.2, 0.25) is 0 Å². The summed E-state index contributed by atoms with van der Waals surface area (Å²) in [4.78, 5) is 0. The molecule has 0 aromatic heterocycles. The lowest BCUT2D eigenvalue weighted by molar-refractivity contribution is 0.171. The minimum Gasteiger partial charge on any atom is -0.486 e. The molecule has 16 heavy (non-hydrogen) atoms. The second-order valence-electron chi connectivity index (χ2n) is 4.36. The van der Waals surface area contributed by atoms with Crippen LogP contribution in [0.2, 0.25) is 0 Å². The third kappa shape index (κ3) is 2.49. The van der Waals surface area contributed by atoms with Crippen LogP contribution in [0.15, 0.2) is 18.2 Å². The molecule has 0 bridgehead atoms. The van der Waals surface area contributed by atoms with E-state index in [1.165, 1.54) is 18.4 Å². The molecular formula is C14H20O2. The van der Waals surface area contributed by atoms with Gasteiger partial charge in [0.1, 0.15) is 13.2 Å². The Morgan fingerprint density at radius 1 is 1.06 bits per heavy atom. The molecule has 0 saturated heterocycles.